The molecule has 2 aromatic rings. The van der Waals surface area contributed by atoms with Crippen molar-refractivity contribution in [1.29, 1.82) is 0 Å². The molecule has 0 spiro atoms. The van der Waals surface area contributed by atoms with Crippen LogP contribution in [0.4, 0.5) is 5.69 Å². The SMILES string of the molecule is COC(=O)/C=C1\SC(=Nc2ccccc2)N(/N=C/C(C)=C/c2ccccc2)C1=O. The van der Waals surface area contributed by atoms with Gasteiger partial charge in [0.1, 0.15) is 0 Å². The summed E-state index contributed by atoms with van der Waals surface area (Å²) in [4.78, 5) is 29.0. The maximum absolute atomic E-state index is 12.7. The van der Waals surface area contributed by atoms with Crippen LogP contribution >= 0.6 is 11.8 Å². The summed E-state index contributed by atoms with van der Waals surface area (Å²) in [5.41, 5.74) is 2.57. The van der Waals surface area contributed by atoms with E-state index in [4.69, 9.17) is 0 Å². The normalized spacial score (nSPS) is 17.5. The summed E-state index contributed by atoms with van der Waals surface area (Å²) < 4.78 is 4.63. The summed E-state index contributed by atoms with van der Waals surface area (Å²) in [7, 11) is 1.26. The number of hydrogen-bond donors (Lipinski definition) is 0. The molecule has 2 aromatic carbocycles. The first-order chi connectivity index (χ1) is 14.1. The van der Waals surface area contributed by atoms with Crippen molar-refractivity contribution in [2.24, 2.45) is 10.1 Å². The van der Waals surface area contributed by atoms with Crippen molar-refractivity contribution in [3.8, 4) is 0 Å². The zero-order valence-corrected chi connectivity index (χ0v) is 16.8. The molecular weight excluding hydrogens is 386 g/mol. The molecule has 1 amide bonds. The van der Waals surface area contributed by atoms with Gasteiger partial charge >= 0.3 is 5.97 Å². The molecule has 1 heterocycles. The molecule has 146 valence electrons. The fraction of sp³-hybridized carbons (Fsp3) is 0.0909. The van der Waals surface area contributed by atoms with Gasteiger partial charge in [0, 0.05) is 6.08 Å². The number of hydrogen-bond acceptors (Lipinski definition) is 6. The maximum Gasteiger partial charge on any atom is 0.331 e. The van der Waals surface area contributed by atoms with Crippen LogP contribution in [0.2, 0.25) is 0 Å². The topological polar surface area (TPSA) is 71.3 Å². The number of hydrazone groups is 1. The Morgan fingerprint density at radius 2 is 1.72 bits per heavy atom. The Bertz CT molecular complexity index is 1010. The van der Waals surface area contributed by atoms with E-state index in [0.29, 0.717) is 10.9 Å². The smallest absolute Gasteiger partial charge is 0.331 e. The average molecular weight is 405 g/mol. The van der Waals surface area contributed by atoms with Gasteiger partial charge in [-0.1, -0.05) is 54.6 Å². The molecule has 0 unspecified atom stereocenters. The number of carbonyl (C=O) groups excluding carboxylic acids is 2. The molecule has 6 nitrogen and oxygen atoms in total. The highest BCUT2D eigenvalue weighted by atomic mass is 32.2. The number of amidine groups is 1. The Morgan fingerprint density at radius 1 is 1.07 bits per heavy atom. The Hall–Kier alpha value is -3.45. The van der Waals surface area contributed by atoms with Crippen molar-refractivity contribution in [3.05, 3.63) is 82.8 Å². The molecule has 1 aliphatic rings. The molecule has 0 bridgehead atoms. The predicted octanol–water partition coefficient (Wildman–Crippen LogP) is 4.40. The second-order valence-electron chi connectivity index (χ2n) is 6.02. The first-order valence-corrected chi connectivity index (χ1v) is 9.61. The van der Waals surface area contributed by atoms with Crippen molar-refractivity contribution in [3.63, 3.8) is 0 Å². The van der Waals surface area contributed by atoms with E-state index in [9.17, 15) is 9.59 Å². The van der Waals surface area contributed by atoms with Gasteiger partial charge in [-0.25, -0.2) is 9.79 Å². The summed E-state index contributed by atoms with van der Waals surface area (Å²) in [5.74, 6) is -1.04. The number of para-hydroxylation sites is 1. The van der Waals surface area contributed by atoms with E-state index in [1.807, 2.05) is 73.7 Å². The average Bonchev–Trinajstić information content (AvgIpc) is 3.02. The van der Waals surface area contributed by atoms with Crippen LogP contribution in [0.1, 0.15) is 12.5 Å². The number of aliphatic imine (C=N–C) groups is 1. The minimum Gasteiger partial charge on any atom is -0.466 e. The molecule has 0 aromatic heterocycles. The van der Waals surface area contributed by atoms with Gasteiger partial charge in [0.2, 0.25) is 0 Å². The third-order valence-electron chi connectivity index (χ3n) is 3.79. The summed E-state index contributed by atoms with van der Waals surface area (Å²) in [6, 6.07) is 19.0. The van der Waals surface area contributed by atoms with Crippen molar-refractivity contribution >= 4 is 46.8 Å². The minimum absolute atomic E-state index is 0.202. The van der Waals surface area contributed by atoms with Gasteiger partial charge in [-0.15, -0.1) is 0 Å². The largest absolute Gasteiger partial charge is 0.466 e. The molecule has 7 heteroatoms. The molecule has 1 fully saturated rings. The lowest BCUT2D eigenvalue weighted by Gasteiger charge is -2.08. The Labute approximate surface area is 173 Å². The van der Waals surface area contributed by atoms with Crippen LogP contribution in [0, 0.1) is 0 Å². The van der Waals surface area contributed by atoms with Crippen LogP contribution in [-0.4, -0.2) is 35.4 Å². The maximum atomic E-state index is 12.7. The van der Waals surface area contributed by atoms with Gasteiger partial charge in [0.05, 0.1) is 23.9 Å². The first-order valence-electron chi connectivity index (χ1n) is 8.80. The van der Waals surface area contributed by atoms with Crippen LogP contribution in [0.3, 0.4) is 0 Å². The Morgan fingerprint density at radius 3 is 2.38 bits per heavy atom. The van der Waals surface area contributed by atoms with Crippen LogP contribution in [0.5, 0.6) is 0 Å². The van der Waals surface area contributed by atoms with Crippen molar-refractivity contribution < 1.29 is 14.3 Å². The van der Waals surface area contributed by atoms with Crippen LogP contribution in [0.15, 0.2) is 87.3 Å². The molecule has 0 atom stereocenters. The van der Waals surface area contributed by atoms with E-state index in [1.54, 1.807) is 6.21 Å². The summed E-state index contributed by atoms with van der Waals surface area (Å²) in [6.07, 6.45) is 4.69. The molecule has 1 aliphatic heterocycles. The number of benzene rings is 2. The lowest BCUT2D eigenvalue weighted by Crippen LogP contribution is -2.23. The molecule has 1 saturated heterocycles. The molecule has 0 saturated carbocycles. The van der Waals surface area contributed by atoms with E-state index in [0.717, 1.165) is 29.0 Å². The molecule has 29 heavy (non-hydrogen) atoms. The quantitative estimate of drug-likeness (QED) is 0.420. The highest BCUT2D eigenvalue weighted by molar-refractivity contribution is 8.18. The van der Waals surface area contributed by atoms with Crippen molar-refractivity contribution in [2.45, 2.75) is 6.92 Å². The van der Waals surface area contributed by atoms with E-state index in [2.05, 4.69) is 14.8 Å². The summed E-state index contributed by atoms with van der Waals surface area (Å²) in [6.45, 7) is 1.89. The van der Waals surface area contributed by atoms with Crippen LogP contribution in [-0.2, 0) is 14.3 Å². The van der Waals surface area contributed by atoms with E-state index in [-0.39, 0.29) is 4.91 Å². The van der Waals surface area contributed by atoms with E-state index < -0.39 is 11.9 Å². The number of nitrogens with zero attached hydrogens (tertiary/aromatic N) is 3. The van der Waals surface area contributed by atoms with Gasteiger partial charge in [0.15, 0.2) is 5.17 Å². The highest BCUT2D eigenvalue weighted by Crippen LogP contribution is 2.33. The second-order valence-corrected chi connectivity index (χ2v) is 7.03. The summed E-state index contributed by atoms with van der Waals surface area (Å²) >= 11 is 1.07. The number of thioether (sulfide) groups is 1. The number of carbonyl (C=O) groups is 2. The molecule has 0 N–H and O–H groups in total. The Kier molecular flexibility index (Phi) is 6.76. The fourth-order valence-electron chi connectivity index (χ4n) is 2.42. The molecular formula is C22H19N3O3S. The molecule has 3 rings (SSSR count). The van der Waals surface area contributed by atoms with Gasteiger partial charge in [-0.2, -0.15) is 10.1 Å². The van der Waals surface area contributed by atoms with E-state index in [1.165, 1.54) is 12.1 Å². The number of amides is 1. The van der Waals surface area contributed by atoms with Crippen LogP contribution < -0.4 is 0 Å². The second kappa shape index (κ2) is 9.66. The number of methoxy groups -OCH3 is 1. The highest BCUT2D eigenvalue weighted by Gasteiger charge is 2.34. The number of esters is 1. The monoisotopic (exact) mass is 405 g/mol. The lowest BCUT2D eigenvalue weighted by molar-refractivity contribution is -0.135. The predicted molar refractivity (Wildman–Crippen MR) is 117 cm³/mol. The van der Waals surface area contributed by atoms with Gasteiger partial charge in [0.25, 0.3) is 5.91 Å². The number of rotatable bonds is 5. The van der Waals surface area contributed by atoms with Crippen LogP contribution in [0.25, 0.3) is 6.08 Å². The number of ether oxygens (including phenoxy) is 1. The van der Waals surface area contributed by atoms with E-state index >= 15 is 0 Å². The lowest BCUT2D eigenvalue weighted by atomic mass is 10.1. The summed E-state index contributed by atoms with van der Waals surface area (Å²) in [5, 5.41) is 5.86. The third kappa shape index (κ3) is 5.52. The number of allylic oxidation sites excluding steroid dienone is 1. The Balaban J connectivity index is 1.90. The zero-order valence-electron chi connectivity index (χ0n) is 16.0. The minimum atomic E-state index is -0.606. The first kappa shape index (κ1) is 20.3. The third-order valence-corrected chi connectivity index (χ3v) is 4.75. The molecule has 0 radical (unpaired) electrons. The van der Waals surface area contributed by atoms with Gasteiger partial charge in [-0.3, -0.25) is 4.79 Å². The van der Waals surface area contributed by atoms with Crippen molar-refractivity contribution in [2.75, 3.05) is 7.11 Å². The van der Waals surface area contributed by atoms with Gasteiger partial charge < -0.3 is 4.74 Å². The zero-order chi connectivity index (χ0) is 20.6. The van der Waals surface area contributed by atoms with Crippen molar-refractivity contribution in [1.82, 2.24) is 5.01 Å². The molecule has 0 aliphatic carbocycles. The fourth-order valence-corrected chi connectivity index (χ4v) is 3.31. The van der Waals surface area contributed by atoms with Gasteiger partial charge in [-0.05, 0) is 42.0 Å². The standard InChI is InChI=1S/C22H19N3O3S/c1-16(13-17-9-5-3-6-10-17)15-23-25-21(27)19(14-20(26)28-2)29-22(25)24-18-11-7-4-8-12-18/h3-15H,1-2H3/b16-13+,19-14-,23-15+,24-22?.